The number of hydrogen-bond donors (Lipinski definition) is 1. The molecule has 0 unspecified atom stereocenters. The maximum absolute atomic E-state index is 12.3. The number of amides is 1. The molecule has 0 aliphatic heterocycles. The lowest BCUT2D eigenvalue weighted by Crippen LogP contribution is -2.20. The molecule has 1 N–H and O–H groups in total. The van der Waals surface area contributed by atoms with Crippen molar-refractivity contribution in [2.45, 2.75) is 13.8 Å². The summed E-state index contributed by atoms with van der Waals surface area (Å²) < 4.78 is 5.62. The second-order valence-corrected chi connectivity index (χ2v) is 8.43. The van der Waals surface area contributed by atoms with E-state index in [-0.39, 0.29) is 12.5 Å². The molecule has 4 nitrogen and oxygen atoms in total. The molecule has 1 heterocycles. The third kappa shape index (κ3) is 5.13. The molecule has 4 aromatic rings. The van der Waals surface area contributed by atoms with E-state index in [0.717, 1.165) is 33.0 Å². The average molecular weight is 449 g/mol. The number of anilines is 1. The van der Waals surface area contributed by atoms with E-state index >= 15 is 0 Å². The van der Waals surface area contributed by atoms with Crippen molar-refractivity contribution in [2.75, 3.05) is 11.9 Å². The number of hydrogen-bond acceptors (Lipinski definition) is 4. The Bertz CT molecular complexity index is 1180. The average Bonchev–Trinajstić information content (AvgIpc) is 3.27. The number of carbonyl (C=O) groups excluding carboxylic acids is 1. The van der Waals surface area contributed by atoms with Crippen LogP contribution in [-0.4, -0.2) is 17.5 Å². The van der Waals surface area contributed by atoms with E-state index in [1.54, 1.807) is 11.3 Å². The van der Waals surface area contributed by atoms with Gasteiger partial charge in [-0.1, -0.05) is 54.1 Å². The van der Waals surface area contributed by atoms with Crippen molar-refractivity contribution in [3.05, 3.63) is 88.3 Å². The molecule has 4 rings (SSSR count). The molecular weight excluding hydrogens is 428 g/mol. The SMILES string of the molecule is Cc1cc(OCC(=O)Nc2ccc(-c3csc(-c4ccccc4)n3)cc2)cc(C)c1Cl. The molecule has 0 bridgehead atoms. The highest BCUT2D eigenvalue weighted by atomic mass is 35.5. The topological polar surface area (TPSA) is 51.2 Å². The van der Waals surface area contributed by atoms with Crippen molar-refractivity contribution in [3.63, 3.8) is 0 Å². The summed E-state index contributed by atoms with van der Waals surface area (Å²) in [6.07, 6.45) is 0. The number of ether oxygens (including phenoxy) is 1. The maximum Gasteiger partial charge on any atom is 0.262 e. The lowest BCUT2D eigenvalue weighted by atomic mass is 10.1. The van der Waals surface area contributed by atoms with Crippen molar-refractivity contribution in [2.24, 2.45) is 0 Å². The van der Waals surface area contributed by atoms with Gasteiger partial charge in [0.15, 0.2) is 6.61 Å². The van der Waals surface area contributed by atoms with Crippen LogP contribution in [-0.2, 0) is 4.79 Å². The summed E-state index contributed by atoms with van der Waals surface area (Å²) in [6.45, 7) is 3.75. The van der Waals surface area contributed by atoms with Crippen LogP contribution in [0.15, 0.2) is 72.1 Å². The molecule has 1 aromatic heterocycles. The molecular formula is C25H21ClN2O2S. The summed E-state index contributed by atoms with van der Waals surface area (Å²) >= 11 is 7.78. The monoisotopic (exact) mass is 448 g/mol. The molecule has 3 aromatic carbocycles. The lowest BCUT2D eigenvalue weighted by molar-refractivity contribution is -0.118. The molecule has 6 heteroatoms. The van der Waals surface area contributed by atoms with Crippen LogP contribution in [0.2, 0.25) is 5.02 Å². The van der Waals surface area contributed by atoms with Crippen molar-refractivity contribution in [3.8, 4) is 27.6 Å². The van der Waals surface area contributed by atoms with E-state index in [4.69, 9.17) is 21.3 Å². The van der Waals surface area contributed by atoms with Crippen LogP contribution in [0.1, 0.15) is 11.1 Å². The van der Waals surface area contributed by atoms with Gasteiger partial charge in [0.2, 0.25) is 0 Å². The first-order valence-corrected chi connectivity index (χ1v) is 11.1. The summed E-state index contributed by atoms with van der Waals surface area (Å²) in [5, 5.41) is 6.60. The highest BCUT2D eigenvalue weighted by Crippen LogP contribution is 2.29. The predicted octanol–water partition coefficient (Wildman–Crippen LogP) is 6.76. The van der Waals surface area contributed by atoms with E-state index in [1.165, 1.54) is 0 Å². The Morgan fingerprint density at radius 2 is 1.68 bits per heavy atom. The first-order chi connectivity index (χ1) is 15.0. The van der Waals surface area contributed by atoms with Crippen LogP contribution in [0.3, 0.4) is 0 Å². The van der Waals surface area contributed by atoms with E-state index in [0.29, 0.717) is 16.5 Å². The number of aryl methyl sites for hydroxylation is 2. The van der Waals surface area contributed by atoms with Crippen LogP contribution < -0.4 is 10.1 Å². The number of benzene rings is 3. The standard InChI is InChI=1S/C25H21ClN2O2S/c1-16-12-21(13-17(2)24(16)26)30-14-23(29)27-20-10-8-18(9-11-20)22-15-31-25(28-22)19-6-4-3-5-7-19/h3-13,15H,14H2,1-2H3,(H,27,29). The van der Waals surface area contributed by atoms with Gasteiger partial charge in [-0.25, -0.2) is 4.98 Å². The molecule has 0 aliphatic rings. The van der Waals surface area contributed by atoms with Crippen LogP contribution >= 0.6 is 22.9 Å². The van der Waals surface area contributed by atoms with Gasteiger partial charge in [-0.15, -0.1) is 11.3 Å². The van der Waals surface area contributed by atoms with E-state index in [2.05, 4.69) is 17.4 Å². The number of nitrogens with zero attached hydrogens (tertiary/aromatic N) is 1. The predicted molar refractivity (Wildman–Crippen MR) is 128 cm³/mol. The quantitative estimate of drug-likeness (QED) is 0.354. The number of nitrogens with one attached hydrogen (secondary N) is 1. The Labute approximate surface area is 190 Å². The third-order valence-corrected chi connectivity index (χ3v) is 6.26. The third-order valence-electron chi connectivity index (χ3n) is 4.77. The fourth-order valence-corrected chi connectivity index (χ4v) is 4.12. The molecule has 1 amide bonds. The molecule has 0 atom stereocenters. The van der Waals surface area contributed by atoms with Crippen molar-refractivity contribution in [1.29, 1.82) is 0 Å². The Kier molecular flexibility index (Phi) is 6.35. The zero-order valence-corrected chi connectivity index (χ0v) is 18.8. The summed E-state index contributed by atoms with van der Waals surface area (Å²) in [5.41, 5.74) is 5.57. The summed E-state index contributed by atoms with van der Waals surface area (Å²) in [4.78, 5) is 17.0. The van der Waals surface area contributed by atoms with Crippen LogP contribution in [0.4, 0.5) is 5.69 Å². The molecule has 0 fully saturated rings. The van der Waals surface area contributed by atoms with Gasteiger partial charge in [0, 0.05) is 27.2 Å². The Hall–Kier alpha value is -3.15. The van der Waals surface area contributed by atoms with E-state index in [9.17, 15) is 4.79 Å². The highest BCUT2D eigenvalue weighted by Gasteiger charge is 2.09. The molecule has 0 saturated heterocycles. The normalized spacial score (nSPS) is 10.7. The minimum absolute atomic E-state index is 0.0746. The van der Waals surface area contributed by atoms with Crippen molar-refractivity contribution >= 4 is 34.5 Å². The minimum Gasteiger partial charge on any atom is -0.484 e. The molecule has 0 saturated carbocycles. The molecule has 31 heavy (non-hydrogen) atoms. The zero-order valence-electron chi connectivity index (χ0n) is 17.2. The van der Waals surface area contributed by atoms with Gasteiger partial charge in [-0.2, -0.15) is 0 Å². The summed E-state index contributed by atoms with van der Waals surface area (Å²) in [5.74, 6) is 0.403. The summed E-state index contributed by atoms with van der Waals surface area (Å²) in [7, 11) is 0. The molecule has 156 valence electrons. The number of aromatic nitrogens is 1. The number of halogens is 1. The first kappa shape index (κ1) is 21.1. The smallest absolute Gasteiger partial charge is 0.262 e. The number of rotatable bonds is 6. The largest absolute Gasteiger partial charge is 0.484 e. The van der Waals surface area contributed by atoms with Crippen molar-refractivity contribution in [1.82, 2.24) is 4.98 Å². The Morgan fingerprint density at radius 1 is 1.00 bits per heavy atom. The van der Waals surface area contributed by atoms with Crippen LogP contribution in [0, 0.1) is 13.8 Å². The number of thiazole rings is 1. The second kappa shape index (κ2) is 9.33. The molecule has 0 aliphatic carbocycles. The van der Waals surface area contributed by atoms with Gasteiger partial charge in [-0.05, 0) is 49.2 Å². The maximum atomic E-state index is 12.3. The number of carbonyl (C=O) groups is 1. The van der Waals surface area contributed by atoms with Crippen LogP contribution in [0.5, 0.6) is 5.75 Å². The van der Waals surface area contributed by atoms with Gasteiger partial charge >= 0.3 is 0 Å². The van der Waals surface area contributed by atoms with E-state index < -0.39 is 0 Å². The summed E-state index contributed by atoms with van der Waals surface area (Å²) in [6, 6.07) is 21.4. The van der Waals surface area contributed by atoms with Gasteiger partial charge in [-0.3, -0.25) is 4.79 Å². The highest BCUT2D eigenvalue weighted by molar-refractivity contribution is 7.13. The Balaban J connectivity index is 1.36. The van der Waals surface area contributed by atoms with Crippen LogP contribution in [0.25, 0.3) is 21.8 Å². The van der Waals surface area contributed by atoms with Gasteiger partial charge in [0.1, 0.15) is 10.8 Å². The second-order valence-electron chi connectivity index (χ2n) is 7.19. The minimum atomic E-state index is -0.224. The van der Waals surface area contributed by atoms with Gasteiger partial charge < -0.3 is 10.1 Å². The lowest BCUT2D eigenvalue weighted by Gasteiger charge is -2.10. The van der Waals surface area contributed by atoms with Crippen molar-refractivity contribution < 1.29 is 9.53 Å². The first-order valence-electron chi connectivity index (χ1n) is 9.80. The fraction of sp³-hybridized carbons (Fsp3) is 0.120. The molecule has 0 radical (unpaired) electrons. The zero-order chi connectivity index (χ0) is 21.8. The fourth-order valence-electron chi connectivity index (χ4n) is 3.18. The van der Waals surface area contributed by atoms with Gasteiger partial charge in [0.05, 0.1) is 5.69 Å². The van der Waals surface area contributed by atoms with Gasteiger partial charge in [0.25, 0.3) is 5.91 Å². The van der Waals surface area contributed by atoms with E-state index in [1.807, 2.05) is 73.8 Å². The Morgan fingerprint density at radius 3 is 2.35 bits per heavy atom. The molecule has 0 spiro atoms.